The minimum absolute atomic E-state index is 0.00630. The van der Waals surface area contributed by atoms with Crippen LogP contribution in [-0.4, -0.2) is 111 Å². The molecule has 6 aliphatic heterocycles. The van der Waals surface area contributed by atoms with E-state index < -0.39 is 24.2 Å². The molecule has 0 radical (unpaired) electrons. The zero-order valence-electron chi connectivity index (χ0n) is 40.2. The van der Waals surface area contributed by atoms with Crippen LogP contribution in [0, 0.1) is 11.7 Å². The van der Waals surface area contributed by atoms with Crippen molar-refractivity contribution in [3.63, 3.8) is 0 Å². The summed E-state index contributed by atoms with van der Waals surface area (Å²) in [6.07, 6.45) is 10.7. The topological polar surface area (TPSA) is 150 Å². The SMILES string of the molecule is CC(=O)N1CCc2c(c(N3CCCc4cc(-c5cn(C6CCN(C(=O)CC7CCN(c8ccc(NC9CCC(=O)NC9=O)c(F)c8)CC7)CC6)c6ccncc56)c(C(F)F)cc43)nn2C2CCOCC2)C1. The van der Waals surface area contributed by atoms with Crippen LogP contribution in [0.1, 0.15) is 112 Å². The van der Waals surface area contributed by atoms with E-state index in [1.807, 2.05) is 34.2 Å². The standard InChI is InChI=1S/C53H61F3N10O5/c1-32(67)63-22-13-47-42(30-63)52(60-66(47)36-14-23-71-24-15-36)64-17-2-3-34-26-38(39(51(55)56)28-48(34)64)41-31-65(46-8-16-57-29-40(41)46)35-11-20-62(21-12-35)50(69)25-33-9-18-61(19-10-33)37-4-5-44(43(54)27-37)58-45-6-7-49(68)59-53(45)70/h4-5,8,16,26-29,31,33,35-36,45,51,58H,2-3,6-7,9-15,17-25,30H2,1H3,(H,59,68,70). The molecule has 4 amide bonds. The van der Waals surface area contributed by atoms with Gasteiger partial charge in [-0.05, 0) is 111 Å². The van der Waals surface area contributed by atoms with Gasteiger partial charge in [0.05, 0.1) is 23.8 Å². The Balaban J connectivity index is 0.768. The summed E-state index contributed by atoms with van der Waals surface area (Å²) >= 11 is 0. The highest BCUT2D eigenvalue weighted by molar-refractivity contribution is 6.01. The fourth-order valence-electron chi connectivity index (χ4n) is 12.0. The van der Waals surface area contributed by atoms with Crippen molar-refractivity contribution in [2.75, 3.05) is 67.6 Å². The van der Waals surface area contributed by atoms with Crippen LogP contribution in [0.4, 0.5) is 36.1 Å². The molecule has 18 heteroatoms. The smallest absolute Gasteiger partial charge is 0.264 e. The average molecular weight is 975 g/mol. The minimum Gasteiger partial charge on any atom is -0.381 e. The van der Waals surface area contributed by atoms with Gasteiger partial charge < -0.3 is 34.2 Å². The third-order valence-electron chi connectivity index (χ3n) is 16.0. The highest BCUT2D eigenvalue weighted by Crippen LogP contribution is 2.46. The van der Waals surface area contributed by atoms with Gasteiger partial charge in [0.25, 0.3) is 6.43 Å². The number of carbonyl (C=O) groups is 4. The maximum atomic E-state index is 15.5. The number of carbonyl (C=O) groups excluding carboxylic acids is 4. The van der Waals surface area contributed by atoms with Gasteiger partial charge >= 0.3 is 0 Å². The molecule has 0 spiro atoms. The van der Waals surface area contributed by atoms with Gasteiger partial charge in [-0.2, -0.15) is 5.10 Å². The Kier molecular flexibility index (Phi) is 13.0. The maximum absolute atomic E-state index is 15.5. The monoisotopic (exact) mass is 974 g/mol. The van der Waals surface area contributed by atoms with E-state index in [1.165, 1.54) is 6.07 Å². The summed E-state index contributed by atoms with van der Waals surface area (Å²) in [5, 5.41) is 11.3. The number of pyridine rings is 1. The lowest BCUT2D eigenvalue weighted by Crippen LogP contribution is -2.47. The number of piperidine rings is 3. The van der Waals surface area contributed by atoms with Gasteiger partial charge in [-0.3, -0.25) is 34.2 Å². The van der Waals surface area contributed by atoms with Crippen LogP contribution in [0.2, 0.25) is 0 Å². The molecular weight excluding hydrogens is 914 g/mol. The number of imide groups is 1. The van der Waals surface area contributed by atoms with E-state index in [2.05, 4.69) is 34.7 Å². The lowest BCUT2D eigenvalue weighted by atomic mass is 9.91. The predicted octanol–water partition coefficient (Wildman–Crippen LogP) is 8.00. The Hall–Kier alpha value is -6.43. The van der Waals surface area contributed by atoms with Crippen LogP contribution < -0.4 is 20.4 Å². The van der Waals surface area contributed by atoms with E-state index in [4.69, 9.17) is 9.84 Å². The van der Waals surface area contributed by atoms with Gasteiger partial charge in [0.15, 0.2) is 5.82 Å². The molecule has 1 atom stereocenters. The molecule has 1 unspecified atom stereocenters. The molecule has 5 aromatic rings. The number of aromatic nitrogens is 4. The lowest BCUT2D eigenvalue weighted by Gasteiger charge is -2.36. The highest BCUT2D eigenvalue weighted by Gasteiger charge is 2.36. The number of hydrogen-bond donors (Lipinski definition) is 2. The lowest BCUT2D eigenvalue weighted by molar-refractivity contribution is -0.134. The number of hydrogen-bond acceptors (Lipinski definition) is 10. The number of nitrogens with zero attached hydrogens (tertiary/aromatic N) is 8. The summed E-state index contributed by atoms with van der Waals surface area (Å²) < 4.78 is 56.3. The van der Waals surface area contributed by atoms with Gasteiger partial charge in [0.1, 0.15) is 11.9 Å². The molecule has 0 bridgehead atoms. The van der Waals surface area contributed by atoms with E-state index in [1.54, 1.807) is 31.5 Å². The first-order valence-electron chi connectivity index (χ1n) is 25.5. The van der Waals surface area contributed by atoms with Crippen molar-refractivity contribution in [3.8, 4) is 11.1 Å². The van der Waals surface area contributed by atoms with E-state index in [-0.39, 0.29) is 53.4 Å². The molecule has 4 saturated heterocycles. The van der Waals surface area contributed by atoms with E-state index in [0.29, 0.717) is 89.4 Å². The van der Waals surface area contributed by atoms with E-state index in [0.717, 1.165) is 96.3 Å². The molecule has 71 heavy (non-hydrogen) atoms. The Morgan fingerprint density at radius 2 is 1.68 bits per heavy atom. The molecule has 11 rings (SSSR count). The maximum Gasteiger partial charge on any atom is 0.264 e. The number of rotatable bonds is 10. The first-order chi connectivity index (χ1) is 34.5. The number of fused-ring (bicyclic) bond motifs is 3. The van der Waals surface area contributed by atoms with E-state index >= 15 is 13.2 Å². The summed E-state index contributed by atoms with van der Waals surface area (Å²) in [6, 6.07) is 10.1. The molecule has 0 saturated carbocycles. The zero-order valence-corrected chi connectivity index (χ0v) is 40.2. The summed E-state index contributed by atoms with van der Waals surface area (Å²) in [5.41, 5.74) is 6.90. The van der Waals surface area contributed by atoms with Crippen molar-refractivity contribution < 1.29 is 37.1 Å². The molecule has 0 aliphatic carbocycles. The van der Waals surface area contributed by atoms with Gasteiger partial charge in [0, 0.05) is 142 Å². The largest absolute Gasteiger partial charge is 0.381 e. The molecule has 9 heterocycles. The van der Waals surface area contributed by atoms with Crippen LogP contribution in [0.3, 0.4) is 0 Å². The average Bonchev–Trinajstić information content (AvgIpc) is 3.97. The van der Waals surface area contributed by atoms with Crippen LogP contribution in [0.25, 0.3) is 22.0 Å². The quantitative estimate of drug-likeness (QED) is 0.132. The van der Waals surface area contributed by atoms with Crippen LogP contribution in [0.5, 0.6) is 0 Å². The Labute approximate surface area is 410 Å². The number of benzene rings is 2. The molecule has 2 aromatic carbocycles. The van der Waals surface area contributed by atoms with E-state index in [9.17, 15) is 19.2 Å². The van der Waals surface area contributed by atoms with Crippen molar-refractivity contribution in [2.45, 2.75) is 115 Å². The van der Waals surface area contributed by atoms with Crippen molar-refractivity contribution in [1.82, 2.24) is 34.4 Å². The first-order valence-corrected chi connectivity index (χ1v) is 25.5. The van der Waals surface area contributed by atoms with Crippen molar-refractivity contribution in [1.29, 1.82) is 0 Å². The number of nitrogens with one attached hydrogen (secondary N) is 2. The first kappa shape index (κ1) is 46.9. The van der Waals surface area contributed by atoms with Crippen molar-refractivity contribution in [2.24, 2.45) is 5.92 Å². The Morgan fingerprint density at radius 1 is 0.873 bits per heavy atom. The molecule has 6 aliphatic rings. The van der Waals surface area contributed by atoms with Gasteiger partial charge in [0.2, 0.25) is 23.6 Å². The number of amides is 4. The van der Waals surface area contributed by atoms with Crippen molar-refractivity contribution in [3.05, 3.63) is 83.2 Å². The minimum atomic E-state index is -2.75. The molecule has 15 nitrogen and oxygen atoms in total. The second-order valence-electron chi connectivity index (χ2n) is 20.3. The molecule has 4 fully saturated rings. The summed E-state index contributed by atoms with van der Waals surface area (Å²) in [6.45, 7) is 7.17. The molecule has 3 aromatic heterocycles. The summed E-state index contributed by atoms with van der Waals surface area (Å²) in [5.74, 6) is -0.139. The van der Waals surface area contributed by atoms with Gasteiger partial charge in [-0.15, -0.1) is 0 Å². The van der Waals surface area contributed by atoms with Crippen LogP contribution in [0.15, 0.2) is 55.0 Å². The number of halogens is 3. The number of aryl methyl sites for hydroxylation is 1. The Bertz CT molecular complexity index is 2860. The zero-order chi connectivity index (χ0) is 48.9. The van der Waals surface area contributed by atoms with Crippen LogP contribution in [-0.2, 0) is 43.3 Å². The van der Waals surface area contributed by atoms with Crippen LogP contribution >= 0.6 is 0 Å². The number of likely N-dealkylation sites (tertiary alicyclic amines) is 1. The molecule has 2 N–H and O–H groups in total. The Morgan fingerprint density at radius 3 is 2.42 bits per heavy atom. The second kappa shape index (κ2) is 19.6. The number of anilines is 4. The third-order valence-corrected chi connectivity index (χ3v) is 16.0. The third kappa shape index (κ3) is 9.23. The number of alkyl halides is 2. The summed E-state index contributed by atoms with van der Waals surface area (Å²) in [7, 11) is 0. The van der Waals surface area contributed by atoms with Gasteiger partial charge in [-0.1, -0.05) is 0 Å². The second-order valence-corrected chi connectivity index (χ2v) is 20.3. The number of ether oxygens (including phenoxy) is 1. The fourth-order valence-corrected chi connectivity index (χ4v) is 12.0. The molecule has 374 valence electrons. The predicted molar refractivity (Wildman–Crippen MR) is 262 cm³/mol. The van der Waals surface area contributed by atoms with Gasteiger partial charge in [-0.25, -0.2) is 13.2 Å². The van der Waals surface area contributed by atoms with Crippen molar-refractivity contribution >= 4 is 57.4 Å². The molecular formula is C53H61F3N10O5. The normalized spacial score (nSPS) is 20.7. The fraction of sp³-hybridized carbons (Fsp3) is 0.509. The highest BCUT2D eigenvalue weighted by atomic mass is 19.3. The summed E-state index contributed by atoms with van der Waals surface area (Å²) in [4.78, 5) is 62.6.